The molecule has 0 bridgehead atoms. The molecule has 1 atom stereocenters. The van der Waals surface area contributed by atoms with Crippen LogP contribution in [0.3, 0.4) is 0 Å². The second-order valence-electron chi connectivity index (χ2n) is 3.72. The topological polar surface area (TPSA) is 43.7 Å². The van der Waals surface area contributed by atoms with Crippen LogP contribution in [0.25, 0.3) is 0 Å². The smallest absolute Gasteiger partial charge is 0.138 e. The summed E-state index contributed by atoms with van der Waals surface area (Å²) < 4.78 is 0.698. The fraction of sp³-hybridized carbons (Fsp3) is 0.909. The molecule has 0 aromatic heterocycles. The lowest BCUT2D eigenvalue weighted by Gasteiger charge is -2.25. The van der Waals surface area contributed by atoms with Gasteiger partial charge >= 0.3 is 0 Å². The zero-order valence-corrected chi connectivity index (χ0v) is 11.8. The number of hydrogen-bond acceptors (Lipinski definition) is 4. The Morgan fingerprint density at radius 2 is 1.75 bits per heavy atom. The summed E-state index contributed by atoms with van der Waals surface area (Å²) in [6.07, 6.45) is 4.50. The highest BCUT2D eigenvalue weighted by Gasteiger charge is 2.13. The second-order valence-corrected chi connectivity index (χ2v) is 5.53. The molecule has 0 aromatic rings. The summed E-state index contributed by atoms with van der Waals surface area (Å²) >= 11 is 6.43. The fourth-order valence-electron chi connectivity index (χ4n) is 1.22. The van der Waals surface area contributed by atoms with Gasteiger partial charge in [-0.15, -0.1) is 0 Å². The van der Waals surface area contributed by atoms with E-state index >= 15 is 0 Å². The Kier molecular flexibility index (Phi) is 10.4. The van der Waals surface area contributed by atoms with Crippen LogP contribution in [-0.2, 0) is 0 Å². The van der Waals surface area contributed by atoms with Crippen molar-refractivity contribution < 1.29 is 10.2 Å². The number of hydrogen-bond donors (Lipinski definition) is 2. The first-order chi connectivity index (χ1) is 7.65. The van der Waals surface area contributed by atoms with E-state index in [-0.39, 0.29) is 6.61 Å². The summed E-state index contributed by atoms with van der Waals surface area (Å²) in [6, 6.07) is 0. The molecule has 0 spiro atoms. The van der Waals surface area contributed by atoms with Crippen LogP contribution in [-0.4, -0.2) is 44.6 Å². The number of aliphatic hydroxyl groups is 2. The summed E-state index contributed by atoms with van der Waals surface area (Å²) in [4.78, 5) is 2.13. The van der Waals surface area contributed by atoms with Gasteiger partial charge in [-0.2, -0.15) is 0 Å². The van der Waals surface area contributed by atoms with Crippen LogP contribution in [0.15, 0.2) is 0 Å². The highest BCUT2D eigenvalue weighted by Crippen LogP contribution is 2.15. The first kappa shape index (κ1) is 16.2. The highest BCUT2D eigenvalue weighted by atomic mass is 32.2. The van der Waals surface area contributed by atoms with Crippen molar-refractivity contribution in [1.82, 2.24) is 4.90 Å². The number of thiocarbonyl (C=S) groups is 1. The molecule has 3 nitrogen and oxygen atoms in total. The van der Waals surface area contributed by atoms with Gasteiger partial charge in [0.05, 0.1) is 6.61 Å². The Morgan fingerprint density at radius 1 is 1.25 bits per heavy atom. The van der Waals surface area contributed by atoms with Crippen molar-refractivity contribution in [1.29, 1.82) is 0 Å². The maximum Gasteiger partial charge on any atom is 0.138 e. The Balaban J connectivity index is 4.08. The van der Waals surface area contributed by atoms with Crippen LogP contribution in [0, 0.1) is 0 Å². The van der Waals surface area contributed by atoms with E-state index in [1.54, 1.807) is 0 Å². The first-order valence-corrected chi connectivity index (χ1v) is 7.18. The van der Waals surface area contributed by atoms with Crippen LogP contribution in [0.5, 0.6) is 0 Å². The average Bonchev–Trinajstić information content (AvgIpc) is 2.28. The third-order valence-corrected chi connectivity index (χ3v) is 3.64. The molecule has 0 radical (unpaired) electrons. The van der Waals surface area contributed by atoms with Gasteiger partial charge in [0.25, 0.3) is 0 Å². The zero-order chi connectivity index (χ0) is 12.4. The first-order valence-electron chi connectivity index (χ1n) is 5.90. The Bertz CT molecular complexity index is 183. The van der Waals surface area contributed by atoms with Crippen LogP contribution >= 0.6 is 24.0 Å². The van der Waals surface area contributed by atoms with Crippen molar-refractivity contribution in [2.75, 3.05) is 19.7 Å². The number of rotatable bonds is 8. The second kappa shape index (κ2) is 10.3. The van der Waals surface area contributed by atoms with Crippen LogP contribution in [0.4, 0.5) is 0 Å². The van der Waals surface area contributed by atoms with Gasteiger partial charge in [-0.3, -0.25) is 0 Å². The van der Waals surface area contributed by atoms with Crippen molar-refractivity contribution in [3.05, 3.63) is 0 Å². The van der Waals surface area contributed by atoms with Crippen molar-refractivity contribution >= 4 is 28.3 Å². The molecule has 16 heavy (non-hydrogen) atoms. The SMILES string of the molecule is CCCCN(CCCC)C(=S)SC(O)CO. The summed E-state index contributed by atoms with van der Waals surface area (Å²) in [5, 5.41) is 18.1. The van der Waals surface area contributed by atoms with Crippen molar-refractivity contribution in [3.63, 3.8) is 0 Å². The summed E-state index contributed by atoms with van der Waals surface area (Å²) in [5.41, 5.74) is -0.793. The minimum atomic E-state index is -0.793. The van der Waals surface area contributed by atoms with E-state index in [0.29, 0.717) is 4.32 Å². The van der Waals surface area contributed by atoms with E-state index in [9.17, 15) is 5.11 Å². The van der Waals surface area contributed by atoms with Crippen molar-refractivity contribution in [2.45, 2.75) is 45.0 Å². The normalized spacial score (nSPS) is 12.5. The summed E-state index contributed by atoms with van der Waals surface area (Å²) in [5.74, 6) is 0. The van der Waals surface area contributed by atoms with Gasteiger partial charge in [-0.1, -0.05) is 50.7 Å². The quantitative estimate of drug-likeness (QED) is 0.520. The number of unbranched alkanes of at least 4 members (excludes halogenated alkanes) is 2. The van der Waals surface area contributed by atoms with Gasteiger partial charge in [0.1, 0.15) is 9.76 Å². The van der Waals surface area contributed by atoms with Crippen LogP contribution < -0.4 is 0 Å². The van der Waals surface area contributed by atoms with Gasteiger partial charge in [-0.25, -0.2) is 0 Å². The zero-order valence-electron chi connectivity index (χ0n) is 10.2. The minimum Gasteiger partial charge on any atom is -0.393 e. The standard InChI is InChI=1S/C11H23NO2S2/c1-3-5-7-12(8-6-4-2)11(15)16-10(14)9-13/h10,13-14H,3-9H2,1-2H3. The molecule has 0 aliphatic carbocycles. The molecule has 0 aromatic carbocycles. The van der Waals surface area contributed by atoms with Crippen molar-refractivity contribution in [3.8, 4) is 0 Å². The van der Waals surface area contributed by atoms with E-state index in [4.69, 9.17) is 17.3 Å². The lowest BCUT2D eigenvalue weighted by molar-refractivity contribution is 0.161. The Labute approximate surface area is 108 Å². The molecule has 0 aliphatic rings. The molecule has 1 unspecified atom stereocenters. The maximum atomic E-state index is 9.33. The Morgan fingerprint density at radius 3 is 2.12 bits per heavy atom. The molecule has 0 rings (SSSR count). The third-order valence-electron chi connectivity index (χ3n) is 2.21. The van der Waals surface area contributed by atoms with Gasteiger partial charge in [0, 0.05) is 13.1 Å². The molecule has 0 amide bonds. The maximum absolute atomic E-state index is 9.33. The van der Waals surface area contributed by atoms with Crippen LogP contribution in [0.1, 0.15) is 39.5 Å². The van der Waals surface area contributed by atoms with Gasteiger partial charge in [0.15, 0.2) is 0 Å². The molecule has 0 heterocycles. The highest BCUT2D eigenvalue weighted by molar-refractivity contribution is 8.23. The monoisotopic (exact) mass is 265 g/mol. The van der Waals surface area contributed by atoms with Gasteiger partial charge in [0.2, 0.25) is 0 Å². The molecular weight excluding hydrogens is 242 g/mol. The molecule has 0 saturated heterocycles. The molecule has 5 heteroatoms. The summed E-state index contributed by atoms with van der Waals surface area (Å²) in [7, 11) is 0. The molecular formula is C11H23NO2S2. The van der Waals surface area contributed by atoms with Gasteiger partial charge in [-0.05, 0) is 12.8 Å². The molecule has 0 fully saturated rings. The number of aliphatic hydroxyl groups excluding tert-OH is 2. The van der Waals surface area contributed by atoms with E-state index in [1.165, 1.54) is 11.8 Å². The van der Waals surface area contributed by atoms with E-state index in [1.807, 2.05) is 0 Å². The summed E-state index contributed by atoms with van der Waals surface area (Å²) in [6.45, 7) is 5.94. The Hall–Kier alpha value is 0.160. The molecule has 0 saturated carbocycles. The number of nitrogens with zero attached hydrogens (tertiary/aromatic N) is 1. The molecule has 2 N–H and O–H groups in total. The van der Waals surface area contributed by atoms with E-state index in [2.05, 4.69) is 18.7 Å². The lowest BCUT2D eigenvalue weighted by Crippen LogP contribution is -2.31. The average molecular weight is 265 g/mol. The molecule has 96 valence electrons. The third kappa shape index (κ3) is 7.44. The van der Waals surface area contributed by atoms with Gasteiger partial charge < -0.3 is 15.1 Å². The molecule has 0 aliphatic heterocycles. The lowest BCUT2D eigenvalue weighted by atomic mass is 10.3. The van der Waals surface area contributed by atoms with E-state index in [0.717, 1.165) is 38.8 Å². The largest absolute Gasteiger partial charge is 0.393 e. The van der Waals surface area contributed by atoms with Crippen LogP contribution in [0.2, 0.25) is 0 Å². The van der Waals surface area contributed by atoms with E-state index < -0.39 is 5.44 Å². The minimum absolute atomic E-state index is 0.250. The van der Waals surface area contributed by atoms with Crippen molar-refractivity contribution in [2.24, 2.45) is 0 Å². The predicted molar refractivity (Wildman–Crippen MR) is 74.7 cm³/mol. The fourth-order valence-corrected chi connectivity index (χ4v) is 2.38. The predicted octanol–water partition coefficient (Wildman–Crippen LogP) is 2.22. The number of thioether (sulfide) groups is 1.